The van der Waals surface area contributed by atoms with Crippen LogP contribution in [0, 0.1) is 0 Å². The zero-order valence-electron chi connectivity index (χ0n) is 7.83. The number of ketones is 1. The average molecular weight is 211 g/mol. The van der Waals surface area contributed by atoms with Crippen molar-refractivity contribution in [3.8, 4) is 0 Å². The Balaban J connectivity index is 2.69. The Hall–Kier alpha value is -1.78. The maximum atomic E-state index is 12.5. The number of oxazole rings is 1. The third-order valence-corrected chi connectivity index (χ3v) is 1.99. The van der Waals surface area contributed by atoms with Gasteiger partial charge in [0.05, 0.1) is 0 Å². The molecule has 0 atom stereocenters. The SMILES string of the molecule is CC(=O)c1nc2c(C(F)F)cccc2o1. The van der Waals surface area contributed by atoms with Crippen LogP contribution in [-0.2, 0) is 0 Å². The molecule has 1 aromatic heterocycles. The summed E-state index contributed by atoms with van der Waals surface area (Å²) in [6.07, 6.45) is -2.63. The number of benzene rings is 1. The summed E-state index contributed by atoms with van der Waals surface area (Å²) in [5.74, 6) is -0.524. The van der Waals surface area contributed by atoms with Gasteiger partial charge < -0.3 is 4.42 Å². The molecule has 0 saturated carbocycles. The van der Waals surface area contributed by atoms with Gasteiger partial charge in [0.2, 0.25) is 5.78 Å². The molecule has 0 saturated heterocycles. The van der Waals surface area contributed by atoms with E-state index in [1.807, 2.05) is 0 Å². The van der Waals surface area contributed by atoms with Gasteiger partial charge in [0, 0.05) is 12.5 Å². The van der Waals surface area contributed by atoms with E-state index in [4.69, 9.17) is 4.42 Å². The predicted molar refractivity (Wildman–Crippen MR) is 49.0 cm³/mol. The summed E-state index contributed by atoms with van der Waals surface area (Å²) in [5, 5.41) is 0. The molecule has 2 aromatic rings. The van der Waals surface area contributed by atoms with Crippen LogP contribution >= 0.6 is 0 Å². The van der Waals surface area contributed by atoms with Crippen LogP contribution in [0.4, 0.5) is 8.78 Å². The van der Waals surface area contributed by atoms with E-state index >= 15 is 0 Å². The lowest BCUT2D eigenvalue weighted by atomic mass is 10.2. The van der Waals surface area contributed by atoms with Gasteiger partial charge in [-0.25, -0.2) is 13.8 Å². The Kier molecular flexibility index (Phi) is 2.22. The summed E-state index contributed by atoms with van der Waals surface area (Å²) >= 11 is 0. The quantitative estimate of drug-likeness (QED) is 0.717. The molecule has 78 valence electrons. The average Bonchev–Trinajstić information content (AvgIpc) is 2.60. The summed E-state index contributed by atoms with van der Waals surface area (Å²) in [6.45, 7) is 1.27. The van der Waals surface area contributed by atoms with E-state index in [-0.39, 0.29) is 28.3 Å². The number of aromatic nitrogens is 1. The summed E-state index contributed by atoms with van der Waals surface area (Å²) in [5.41, 5.74) is 0.0412. The van der Waals surface area contributed by atoms with E-state index in [0.717, 1.165) is 0 Å². The number of para-hydroxylation sites is 1. The molecule has 2 rings (SSSR count). The summed E-state index contributed by atoms with van der Waals surface area (Å²) in [4.78, 5) is 14.7. The van der Waals surface area contributed by atoms with Gasteiger partial charge in [0.15, 0.2) is 5.58 Å². The van der Waals surface area contributed by atoms with Crippen molar-refractivity contribution in [3.05, 3.63) is 29.7 Å². The molecule has 1 aromatic carbocycles. The van der Waals surface area contributed by atoms with Crippen LogP contribution in [-0.4, -0.2) is 10.8 Å². The topological polar surface area (TPSA) is 43.1 Å². The Morgan fingerprint density at radius 3 is 2.80 bits per heavy atom. The molecule has 0 N–H and O–H groups in total. The van der Waals surface area contributed by atoms with Crippen LogP contribution < -0.4 is 0 Å². The molecule has 0 unspecified atom stereocenters. The van der Waals surface area contributed by atoms with Crippen LogP contribution in [0.3, 0.4) is 0 Å². The third kappa shape index (κ3) is 1.60. The van der Waals surface area contributed by atoms with E-state index in [2.05, 4.69) is 4.98 Å². The maximum Gasteiger partial charge on any atom is 0.266 e. The maximum absolute atomic E-state index is 12.5. The van der Waals surface area contributed by atoms with Crippen LogP contribution in [0.2, 0.25) is 0 Å². The van der Waals surface area contributed by atoms with E-state index in [1.165, 1.54) is 25.1 Å². The number of fused-ring (bicyclic) bond motifs is 1. The van der Waals surface area contributed by atoms with Crippen LogP contribution in [0.1, 0.15) is 29.6 Å². The van der Waals surface area contributed by atoms with Gasteiger partial charge in [0.25, 0.3) is 12.3 Å². The predicted octanol–water partition coefficient (Wildman–Crippen LogP) is 2.97. The van der Waals surface area contributed by atoms with E-state index in [0.29, 0.717) is 0 Å². The zero-order chi connectivity index (χ0) is 11.0. The molecule has 5 heteroatoms. The van der Waals surface area contributed by atoms with Crippen molar-refractivity contribution in [2.75, 3.05) is 0 Å². The molecule has 3 nitrogen and oxygen atoms in total. The molecule has 0 aliphatic carbocycles. The van der Waals surface area contributed by atoms with Crippen LogP contribution in [0.15, 0.2) is 22.6 Å². The number of halogens is 2. The fraction of sp³-hybridized carbons (Fsp3) is 0.200. The molecule has 0 amide bonds. The number of hydrogen-bond acceptors (Lipinski definition) is 3. The highest BCUT2D eigenvalue weighted by Gasteiger charge is 2.17. The lowest BCUT2D eigenvalue weighted by Gasteiger charge is -1.97. The second-order valence-corrected chi connectivity index (χ2v) is 3.07. The minimum Gasteiger partial charge on any atom is -0.434 e. The van der Waals surface area contributed by atoms with Gasteiger partial charge in [-0.15, -0.1) is 0 Å². The van der Waals surface area contributed by atoms with E-state index < -0.39 is 6.43 Å². The van der Waals surface area contributed by atoms with Crippen molar-refractivity contribution in [2.24, 2.45) is 0 Å². The lowest BCUT2D eigenvalue weighted by molar-refractivity contribution is 0.0982. The number of rotatable bonds is 2. The summed E-state index contributed by atoms with van der Waals surface area (Å²) < 4.78 is 30.1. The fourth-order valence-electron chi connectivity index (χ4n) is 1.30. The highest BCUT2D eigenvalue weighted by Crippen LogP contribution is 2.27. The van der Waals surface area contributed by atoms with Gasteiger partial charge in [0.1, 0.15) is 5.52 Å². The van der Waals surface area contributed by atoms with E-state index in [1.54, 1.807) is 0 Å². The van der Waals surface area contributed by atoms with Crippen LogP contribution in [0.5, 0.6) is 0 Å². The van der Waals surface area contributed by atoms with Crippen molar-refractivity contribution in [3.63, 3.8) is 0 Å². The first-order chi connectivity index (χ1) is 7.09. The number of carbonyl (C=O) groups is 1. The molecule has 0 bridgehead atoms. The Labute approximate surface area is 83.7 Å². The molecule has 0 spiro atoms. The van der Waals surface area contributed by atoms with Gasteiger partial charge >= 0.3 is 0 Å². The molecule has 0 aliphatic rings. The number of nitrogens with zero attached hydrogens (tertiary/aromatic N) is 1. The van der Waals surface area contributed by atoms with Crippen LogP contribution in [0.25, 0.3) is 11.1 Å². The number of carbonyl (C=O) groups excluding carboxylic acids is 1. The first-order valence-electron chi connectivity index (χ1n) is 4.28. The van der Waals surface area contributed by atoms with Crippen molar-refractivity contribution >= 4 is 16.9 Å². The fourth-order valence-corrected chi connectivity index (χ4v) is 1.30. The number of Topliss-reactive ketones (excluding diaryl/α,β-unsaturated/α-hetero) is 1. The number of alkyl halides is 2. The summed E-state index contributed by atoms with van der Waals surface area (Å²) in [6, 6.07) is 4.21. The second-order valence-electron chi connectivity index (χ2n) is 3.07. The molecule has 15 heavy (non-hydrogen) atoms. The van der Waals surface area contributed by atoms with Gasteiger partial charge in [-0.05, 0) is 6.07 Å². The molecule has 1 heterocycles. The molecular formula is C10H7F2NO2. The monoisotopic (exact) mass is 211 g/mol. The van der Waals surface area contributed by atoms with Gasteiger partial charge in [-0.3, -0.25) is 4.79 Å². The molecule has 0 fully saturated rings. The highest BCUT2D eigenvalue weighted by atomic mass is 19.3. The first-order valence-corrected chi connectivity index (χ1v) is 4.28. The molecule has 0 radical (unpaired) electrons. The normalized spacial score (nSPS) is 11.2. The molecule has 0 aliphatic heterocycles. The largest absolute Gasteiger partial charge is 0.434 e. The minimum absolute atomic E-state index is 0.0534. The Bertz CT molecular complexity index is 519. The Morgan fingerprint density at radius 1 is 1.47 bits per heavy atom. The standard InChI is InChI=1S/C10H7F2NO2/c1-5(14)10-13-8-6(9(11)12)3-2-4-7(8)15-10/h2-4,9H,1H3. The van der Waals surface area contributed by atoms with Gasteiger partial charge in [-0.2, -0.15) is 0 Å². The zero-order valence-corrected chi connectivity index (χ0v) is 7.83. The van der Waals surface area contributed by atoms with E-state index in [9.17, 15) is 13.6 Å². The van der Waals surface area contributed by atoms with Crippen molar-refractivity contribution in [1.29, 1.82) is 0 Å². The molecular weight excluding hydrogens is 204 g/mol. The first kappa shape index (κ1) is 9.76. The van der Waals surface area contributed by atoms with Gasteiger partial charge in [-0.1, -0.05) is 12.1 Å². The smallest absolute Gasteiger partial charge is 0.266 e. The van der Waals surface area contributed by atoms with Crippen molar-refractivity contribution in [1.82, 2.24) is 4.98 Å². The van der Waals surface area contributed by atoms with Crippen molar-refractivity contribution in [2.45, 2.75) is 13.3 Å². The minimum atomic E-state index is -2.63. The number of hydrogen-bond donors (Lipinski definition) is 0. The highest BCUT2D eigenvalue weighted by molar-refractivity contribution is 5.92. The summed E-state index contributed by atoms with van der Waals surface area (Å²) in [7, 11) is 0. The van der Waals surface area contributed by atoms with Crippen molar-refractivity contribution < 1.29 is 18.0 Å². The second kappa shape index (κ2) is 3.42. The lowest BCUT2D eigenvalue weighted by Crippen LogP contribution is -1.91. The third-order valence-electron chi connectivity index (χ3n) is 1.99. The Morgan fingerprint density at radius 2 is 2.20 bits per heavy atom.